The number of hydrogen-bond acceptors (Lipinski definition) is 6. The highest BCUT2D eigenvalue weighted by atomic mass is 32.2. The molecule has 0 bridgehead atoms. The maximum absolute atomic E-state index is 12.4. The quantitative estimate of drug-likeness (QED) is 0.765. The molecule has 0 saturated heterocycles. The van der Waals surface area contributed by atoms with E-state index in [0.29, 0.717) is 11.3 Å². The summed E-state index contributed by atoms with van der Waals surface area (Å²) in [6, 6.07) is 12.9. The van der Waals surface area contributed by atoms with Crippen LogP contribution in [-0.2, 0) is 9.84 Å². The molecule has 0 unspecified atom stereocenters. The molecule has 1 heterocycles. The van der Waals surface area contributed by atoms with E-state index in [0.717, 1.165) is 6.26 Å². The van der Waals surface area contributed by atoms with Gasteiger partial charge in [-0.1, -0.05) is 18.2 Å². The van der Waals surface area contributed by atoms with Gasteiger partial charge in [0.05, 0.1) is 16.3 Å². The van der Waals surface area contributed by atoms with E-state index in [9.17, 15) is 13.2 Å². The summed E-state index contributed by atoms with van der Waals surface area (Å²) >= 11 is 0. The number of benzene rings is 2. The van der Waals surface area contributed by atoms with E-state index in [-0.39, 0.29) is 10.6 Å². The van der Waals surface area contributed by atoms with Gasteiger partial charge in [0.15, 0.2) is 9.84 Å². The van der Waals surface area contributed by atoms with Crippen molar-refractivity contribution >= 4 is 21.4 Å². The number of nitrogens with zero attached hydrogens (tertiary/aromatic N) is 4. The number of carbonyl (C=O) groups is 1. The molecular formula is C15H13N5O3S. The molecule has 0 aliphatic heterocycles. The van der Waals surface area contributed by atoms with Gasteiger partial charge >= 0.3 is 0 Å². The number of tetrazole rings is 1. The van der Waals surface area contributed by atoms with Crippen molar-refractivity contribution in [2.24, 2.45) is 0 Å². The van der Waals surface area contributed by atoms with Crippen molar-refractivity contribution in [2.75, 3.05) is 11.6 Å². The monoisotopic (exact) mass is 343 g/mol. The van der Waals surface area contributed by atoms with Crippen LogP contribution in [0.2, 0.25) is 0 Å². The molecule has 0 radical (unpaired) electrons. The Balaban J connectivity index is 1.91. The van der Waals surface area contributed by atoms with Gasteiger partial charge in [0, 0.05) is 11.8 Å². The number of rotatable bonds is 4. The molecule has 3 aromatic rings. The molecule has 0 saturated carbocycles. The van der Waals surface area contributed by atoms with Crippen molar-refractivity contribution in [1.82, 2.24) is 20.2 Å². The standard InChI is InChI=1S/C15H13N5O3S/c1-24(22,23)14-8-3-2-7-13(14)17-15(21)11-5-4-6-12(9-11)20-10-16-18-19-20/h2-10H,1H3,(H,17,21). The number of nitrogens with one attached hydrogen (secondary N) is 1. The van der Waals surface area contributed by atoms with Crippen molar-refractivity contribution in [2.45, 2.75) is 4.90 Å². The third-order valence-corrected chi connectivity index (χ3v) is 4.41. The first-order chi connectivity index (χ1) is 11.4. The first-order valence-corrected chi connectivity index (χ1v) is 8.78. The summed E-state index contributed by atoms with van der Waals surface area (Å²) in [6.45, 7) is 0. The third kappa shape index (κ3) is 3.30. The number of amides is 1. The van der Waals surface area contributed by atoms with E-state index in [1.165, 1.54) is 17.1 Å². The SMILES string of the molecule is CS(=O)(=O)c1ccccc1NC(=O)c1cccc(-n2cnnn2)c1. The van der Waals surface area contributed by atoms with Gasteiger partial charge in [-0.3, -0.25) is 4.79 Å². The van der Waals surface area contributed by atoms with Gasteiger partial charge < -0.3 is 5.32 Å². The number of hydrogen-bond donors (Lipinski definition) is 1. The number of anilines is 1. The Hall–Kier alpha value is -3.07. The van der Waals surface area contributed by atoms with Gasteiger partial charge in [-0.2, -0.15) is 0 Å². The summed E-state index contributed by atoms with van der Waals surface area (Å²) in [5.74, 6) is -0.430. The van der Waals surface area contributed by atoms with Gasteiger partial charge in [-0.05, 0) is 40.8 Å². The minimum absolute atomic E-state index is 0.0648. The third-order valence-electron chi connectivity index (χ3n) is 3.26. The van der Waals surface area contributed by atoms with Crippen LogP contribution in [0.25, 0.3) is 5.69 Å². The molecule has 8 nitrogen and oxygen atoms in total. The predicted octanol–water partition coefficient (Wildman–Crippen LogP) is 1.32. The van der Waals surface area contributed by atoms with Crippen molar-refractivity contribution < 1.29 is 13.2 Å². The highest BCUT2D eigenvalue weighted by molar-refractivity contribution is 7.90. The normalized spacial score (nSPS) is 11.2. The van der Waals surface area contributed by atoms with Crippen LogP contribution in [-0.4, -0.2) is 40.8 Å². The Morgan fingerprint density at radius 3 is 2.62 bits per heavy atom. The van der Waals surface area contributed by atoms with E-state index < -0.39 is 15.7 Å². The zero-order chi connectivity index (χ0) is 17.2. The lowest BCUT2D eigenvalue weighted by atomic mass is 10.2. The second-order valence-electron chi connectivity index (χ2n) is 5.03. The summed E-state index contributed by atoms with van der Waals surface area (Å²) in [4.78, 5) is 12.5. The molecule has 122 valence electrons. The summed E-state index contributed by atoms with van der Waals surface area (Å²) in [6.07, 6.45) is 2.51. The molecule has 9 heteroatoms. The molecule has 2 aromatic carbocycles. The number of para-hydroxylation sites is 1. The first kappa shape index (κ1) is 15.8. The first-order valence-electron chi connectivity index (χ1n) is 6.89. The zero-order valence-electron chi connectivity index (χ0n) is 12.6. The van der Waals surface area contributed by atoms with Gasteiger partial charge in [-0.25, -0.2) is 13.1 Å². The van der Waals surface area contributed by atoms with Crippen LogP contribution in [0.3, 0.4) is 0 Å². The Bertz CT molecular complexity index is 984. The molecule has 1 aromatic heterocycles. The molecule has 0 aliphatic carbocycles. The maximum Gasteiger partial charge on any atom is 0.255 e. The van der Waals surface area contributed by atoms with Crippen molar-refractivity contribution in [1.29, 1.82) is 0 Å². The average Bonchev–Trinajstić information content (AvgIpc) is 3.09. The second kappa shape index (κ2) is 6.20. The average molecular weight is 343 g/mol. The minimum atomic E-state index is -3.45. The molecular weight excluding hydrogens is 330 g/mol. The molecule has 0 aliphatic rings. The Morgan fingerprint density at radius 2 is 1.92 bits per heavy atom. The van der Waals surface area contributed by atoms with Crippen LogP contribution in [0.1, 0.15) is 10.4 Å². The highest BCUT2D eigenvalue weighted by Crippen LogP contribution is 2.21. The van der Waals surface area contributed by atoms with Crippen molar-refractivity contribution in [3.05, 3.63) is 60.4 Å². The topological polar surface area (TPSA) is 107 Å². The fraction of sp³-hybridized carbons (Fsp3) is 0.0667. The van der Waals surface area contributed by atoms with E-state index in [1.807, 2.05) is 0 Å². The second-order valence-corrected chi connectivity index (χ2v) is 7.01. The molecule has 0 fully saturated rings. The molecule has 1 N–H and O–H groups in total. The van der Waals surface area contributed by atoms with Crippen molar-refractivity contribution in [3.63, 3.8) is 0 Å². The Labute approximate surface area is 138 Å². The summed E-state index contributed by atoms with van der Waals surface area (Å²) < 4.78 is 25.0. The van der Waals surface area contributed by atoms with E-state index in [4.69, 9.17) is 0 Å². The number of sulfone groups is 1. The molecule has 1 amide bonds. The van der Waals surface area contributed by atoms with Crippen LogP contribution >= 0.6 is 0 Å². The highest BCUT2D eigenvalue weighted by Gasteiger charge is 2.15. The summed E-state index contributed by atoms with van der Waals surface area (Å²) in [5.41, 5.74) is 1.20. The Kier molecular flexibility index (Phi) is 4.09. The van der Waals surface area contributed by atoms with Crippen LogP contribution < -0.4 is 5.32 Å². The van der Waals surface area contributed by atoms with Gasteiger partial charge in [0.25, 0.3) is 5.91 Å². The largest absolute Gasteiger partial charge is 0.321 e. The number of aromatic nitrogens is 4. The number of carbonyl (C=O) groups excluding carboxylic acids is 1. The predicted molar refractivity (Wildman–Crippen MR) is 86.7 cm³/mol. The van der Waals surface area contributed by atoms with Gasteiger partial charge in [-0.15, -0.1) is 5.10 Å². The Morgan fingerprint density at radius 1 is 1.12 bits per heavy atom. The lowest BCUT2D eigenvalue weighted by molar-refractivity contribution is 0.102. The molecule has 3 rings (SSSR count). The van der Waals surface area contributed by atoms with Gasteiger partial charge in [0.1, 0.15) is 6.33 Å². The molecule has 0 spiro atoms. The van der Waals surface area contributed by atoms with Crippen LogP contribution in [0.5, 0.6) is 0 Å². The van der Waals surface area contributed by atoms with E-state index in [2.05, 4.69) is 20.8 Å². The minimum Gasteiger partial charge on any atom is -0.321 e. The van der Waals surface area contributed by atoms with E-state index >= 15 is 0 Å². The fourth-order valence-electron chi connectivity index (χ4n) is 2.16. The zero-order valence-corrected chi connectivity index (χ0v) is 13.4. The van der Waals surface area contributed by atoms with Crippen LogP contribution in [0, 0.1) is 0 Å². The summed E-state index contributed by atoms with van der Waals surface area (Å²) in [5, 5.41) is 13.5. The molecule has 24 heavy (non-hydrogen) atoms. The summed E-state index contributed by atoms with van der Waals surface area (Å²) in [7, 11) is -3.45. The van der Waals surface area contributed by atoms with Crippen LogP contribution in [0.4, 0.5) is 5.69 Å². The smallest absolute Gasteiger partial charge is 0.255 e. The lowest BCUT2D eigenvalue weighted by Gasteiger charge is -2.10. The van der Waals surface area contributed by atoms with Crippen LogP contribution in [0.15, 0.2) is 59.8 Å². The van der Waals surface area contributed by atoms with Gasteiger partial charge in [0.2, 0.25) is 0 Å². The fourth-order valence-corrected chi connectivity index (χ4v) is 3.00. The maximum atomic E-state index is 12.4. The lowest BCUT2D eigenvalue weighted by Crippen LogP contribution is -2.15. The van der Waals surface area contributed by atoms with Crippen molar-refractivity contribution in [3.8, 4) is 5.69 Å². The molecule has 0 atom stereocenters. The van der Waals surface area contributed by atoms with E-state index in [1.54, 1.807) is 42.5 Å².